The average Bonchev–Trinajstić information content (AvgIpc) is 3.36. The van der Waals surface area contributed by atoms with Crippen LogP contribution in [-0.2, 0) is 6.54 Å². The van der Waals surface area contributed by atoms with Crippen LogP contribution >= 0.6 is 0 Å². The fourth-order valence-corrected chi connectivity index (χ4v) is 4.15. The van der Waals surface area contributed by atoms with Crippen molar-refractivity contribution in [2.24, 2.45) is 0 Å². The Morgan fingerprint density at radius 2 is 1.97 bits per heavy atom. The predicted octanol–water partition coefficient (Wildman–Crippen LogP) is 5.26. The molecule has 1 fully saturated rings. The Balaban J connectivity index is 1.72. The highest BCUT2D eigenvalue weighted by atomic mass is 19.1. The molecule has 0 spiro atoms. The minimum Gasteiger partial charge on any atom is -0.327 e. The van der Waals surface area contributed by atoms with Crippen molar-refractivity contribution in [2.45, 2.75) is 38.3 Å². The van der Waals surface area contributed by atoms with Crippen molar-refractivity contribution in [2.75, 3.05) is 6.54 Å². The standard InChI is InChI=1S/C23H23F2N3O/c1-2-13-27(23(29)18-14-16(24)11-12-19(18)25)15-22-26-20-9-5-6-10-21(20)28(22)17-7-3-4-8-17/h2,5-6,9-12,14,17H,1,3-4,7-8,13,15H2. The van der Waals surface area contributed by atoms with Crippen LogP contribution in [0, 0.1) is 11.6 Å². The predicted molar refractivity (Wildman–Crippen MR) is 109 cm³/mol. The number of carbonyl (C=O) groups excluding carboxylic acids is 1. The Morgan fingerprint density at radius 1 is 1.21 bits per heavy atom. The molecule has 1 aliphatic carbocycles. The molecule has 0 saturated heterocycles. The van der Waals surface area contributed by atoms with Crippen LogP contribution in [0.2, 0.25) is 0 Å². The lowest BCUT2D eigenvalue weighted by atomic mass is 10.1. The highest BCUT2D eigenvalue weighted by Gasteiger charge is 2.26. The van der Waals surface area contributed by atoms with E-state index in [-0.39, 0.29) is 18.7 Å². The fraction of sp³-hybridized carbons (Fsp3) is 0.304. The molecule has 0 radical (unpaired) electrons. The molecule has 6 heteroatoms. The normalized spacial score (nSPS) is 14.4. The van der Waals surface area contributed by atoms with Gasteiger partial charge in [0.2, 0.25) is 0 Å². The summed E-state index contributed by atoms with van der Waals surface area (Å²) in [6.45, 7) is 4.12. The van der Waals surface area contributed by atoms with E-state index >= 15 is 0 Å². The number of imidazole rings is 1. The van der Waals surface area contributed by atoms with Gasteiger partial charge in [-0.05, 0) is 43.2 Å². The first kappa shape index (κ1) is 19.3. The first-order valence-electron chi connectivity index (χ1n) is 9.89. The third-order valence-electron chi connectivity index (χ3n) is 5.49. The topological polar surface area (TPSA) is 38.1 Å². The van der Waals surface area contributed by atoms with Crippen molar-refractivity contribution in [3.63, 3.8) is 0 Å². The van der Waals surface area contributed by atoms with Gasteiger partial charge in [-0.15, -0.1) is 6.58 Å². The number of carbonyl (C=O) groups is 1. The third-order valence-corrected chi connectivity index (χ3v) is 5.49. The van der Waals surface area contributed by atoms with Gasteiger partial charge in [0.05, 0.1) is 23.1 Å². The summed E-state index contributed by atoms with van der Waals surface area (Å²) in [6.07, 6.45) is 6.06. The van der Waals surface area contributed by atoms with Crippen LogP contribution < -0.4 is 0 Å². The van der Waals surface area contributed by atoms with Crippen LogP contribution in [-0.4, -0.2) is 26.9 Å². The molecule has 1 heterocycles. The zero-order valence-electron chi connectivity index (χ0n) is 16.2. The highest BCUT2D eigenvalue weighted by Crippen LogP contribution is 2.34. The first-order chi connectivity index (χ1) is 14.1. The molecule has 4 rings (SSSR count). The number of benzene rings is 2. The third kappa shape index (κ3) is 3.79. The van der Waals surface area contributed by atoms with E-state index in [1.54, 1.807) is 6.08 Å². The smallest absolute Gasteiger partial charge is 0.257 e. The number of aromatic nitrogens is 2. The van der Waals surface area contributed by atoms with Gasteiger partial charge in [-0.1, -0.05) is 31.1 Å². The molecule has 3 aromatic rings. The SMILES string of the molecule is C=CCN(Cc1nc2ccccc2n1C1CCCC1)C(=O)c1cc(F)ccc1F. The number of rotatable bonds is 6. The van der Waals surface area contributed by atoms with Crippen molar-refractivity contribution >= 4 is 16.9 Å². The van der Waals surface area contributed by atoms with Gasteiger partial charge in [-0.3, -0.25) is 4.79 Å². The summed E-state index contributed by atoms with van der Waals surface area (Å²) in [6, 6.07) is 11.2. The molecule has 1 aliphatic rings. The molecule has 0 bridgehead atoms. The lowest BCUT2D eigenvalue weighted by molar-refractivity contribution is 0.0751. The molecule has 150 valence electrons. The van der Waals surface area contributed by atoms with Gasteiger partial charge in [0.15, 0.2) is 0 Å². The number of fused-ring (bicyclic) bond motifs is 1. The number of hydrogen-bond donors (Lipinski definition) is 0. The van der Waals surface area contributed by atoms with Crippen LogP contribution in [0.25, 0.3) is 11.0 Å². The van der Waals surface area contributed by atoms with Gasteiger partial charge in [0.1, 0.15) is 17.5 Å². The number of para-hydroxylation sites is 2. The Labute approximate surface area is 168 Å². The summed E-state index contributed by atoms with van der Waals surface area (Å²) in [5.41, 5.74) is 1.63. The summed E-state index contributed by atoms with van der Waals surface area (Å²) in [4.78, 5) is 19.2. The molecule has 1 aromatic heterocycles. The van der Waals surface area contributed by atoms with Crippen LogP contribution in [0.5, 0.6) is 0 Å². The first-order valence-corrected chi connectivity index (χ1v) is 9.89. The summed E-state index contributed by atoms with van der Waals surface area (Å²) in [5, 5.41) is 0. The molecule has 29 heavy (non-hydrogen) atoms. The Morgan fingerprint density at radius 3 is 2.72 bits per heavy atom. The van der Waals surface area contributed by atoms with E-state index in [4.69, 9.17) is 4.98 Å². The number of nitrogens with zero attached hydrogens (tertiary/aromatic N) is 3. The Bertz CT molecular complexity index is 1050. The monoisotopic (exact) mass is 395 g/mol. The summed E-state index contributed by atoms with van der Waals surface area (Å²) in [5.74, 6) is -1.21. The Kier molecular flexibility index (Phi) is 5.43. The van der Waals surface area contributed by atoms with Gasteiger partial charge in [0.25, 0.3) is 5.91 Å². The Hall–Kier alpha value is -3.02. The zero-order chi connectivity index (χ0) is 20.4. The van der Waals surface area contributed by atoms with Crippen LogP contribution in [0.1, 0.15) is 47.9 Å². The van der Waals surface area contributed by atoms with Crippen molar-refractivity contribution in [3.8, 4) is 0 Å². The van der Waals surface area contributed by atoms with Gasteiger partial charge >= 0.3 is 0 Å². The van der Waals surface area contributed by atoms with Gasteiger partial charge in [-0.2, -0.15) is 0 Å². The summed E-state index contributed by atoms with van der Waals surface area (Å²) in [7, 11) is 0. The van der Waals surface area contributed by atoms with Gasteiger partial charge in [0, 0.05) is 12.6 Å². The number of amides is 1. The van der Waals surface area contributed by atoms with Crippen LogP contribution in [0.4, 0.5) is 8.78 Å². The summed E-state index contributed by atoms with van der Waals surface area (Å²) >= 11 is 0. The van der Waals surface area contributed by atoms with Gasteiger partial charge in [-0.25, -0.2) is 13.8 Å². The minimum atomic E-state index is -0.741. The molecular formula is C23H23F2N3O. The van der Waals surface area contributed by atoms with Crippen molar-refractivity contribution in [3.05, 3.63) is 78.1 Å². The number of halogens is 2. The fourth-order valence-electron chi connectivity index (χ4n) is 4.15. The maximum absolute atomic E-state index is 14.2. The van der Waals surface area contributed by atoms with E-state index in [1.807, 2.05) is 24.3 Å². The molecule has 0 aliphatic heterocycles. The van der Waals surface area contributed by atoms with Crippen molar-refractivity contribution in [1.82, 2.24) is 14.5 Å². The van der Waals surface area contributed by atoms with Crippen molar-refractivity contribution < 1.29 is 13.6 Å². The highest BCUT2D eigenvalue weighted by molar-refractivity contribution is 5.94. The van der Waals surface area contributed by atoms with E-state index in [1.165, 1.54) is 17.7 Å². The maximum Gasteiger partial charge on any atom is 0.257 e. The molecule has 0 atom stereocenters. The average molecular weight is 395 g/mol. The summed E-state index contributed by atoms with van der Waals surface area (Å²) < 4.78 is 30.0. The molecule has 0 unspecified atom stereocenters. The van der Waals surface area contributed by atoms with E-state index in [9.17, 15) is 13.6 Å². The van der Waals surface area contributed by atoms with Crippen LogP contribution in [0.15, 0.2) is 55.1 Å². The lowest BCUT2D eigenvalue weighted by Gasteiger charge is -2.23. The van der Waals surface area contributed by atoms with E-state index < -0.39 is 17.5 Å². The van der Waals surface area contributed by atoms with Gasteiger partial charge < -0.3 is 9.47 Å². The molecule has 1 saturated carbocycles. The second-order valence-electron chi connectivity index (χ2n) is 7.42. The second kappa shape index (κ2) is 8.15. The van der Waals surface area contributed by atoms with Crippen LogP contribution in [0.3, 0.4) is 0 Å². The van der Waals surface area contributed by atoms with Crippen molar-refractivity contribution in [1.29, 1.82) is 0 Å². The largest absolute Gasteiger partial charge is 0.327 e. The molecule has 4 nitrogen and oxygen atoms in total. The molecule has 0 N–H and O–H groups in total. The minimum absolute atomic E-state index is 0.200. The van der Waals surface area contributed by atoms with E-state index in [0.717, 1.165) is 47.9 Å². The number of hydrogen-bond acceptors (Lipinski definition) is 2. The molecule has 1 amide bonds. The van der Waals surface area contributed by atoms with E-state index in [0.29, 0.717) is 6.04 Å². The quantitative estimate of drug-likeness (QED) is 0.534. The zero-order valence-corrected chi connectivity index (χ0v) is 16.2. The molecular weight excluding hydrogens is 372 g/mol. The van der Waals surface area contributed by atoms with E-state index in [2.05, 4.69) is 11.1 Å². The maximum atomic E-state index is 14.2. The second-order valence-corrected chi connectivity index (χ2v) is 7.42. The molecule has 2 aromatic carbocycles. The lowest BCUT2D eigenvalue weighted by Crippen LogP contribution is -2.33.